The van der Waals surface area contributed by atoms with Gasteiger partial charge in [0.15, 0.2) is 0 Å². The van der Waals surface area contributed by atoms with Crippen LogP contribution < -0.4 is 10.1 Å². The summed E-state index contributed by atoms with van der Waals surface area (Å²) in [5, 5.41) is 2.58. The number of hydrogen-bond donors (Lipinski definition) is 1. The molecule has 1 aromatic rings. The lowest BCUT2D eigenvalue weighted by molar-refractivity contribution is 0.0957. The van der Waals surface area contributed by atoms with Crippen LogP contribution in [-0.2, 0) is 5.41 Å². The largest absolute Gasteiger partial charge is 0.490 e. The molecule has 98 valence electrons. The Bertz CT molecular complexity index is 459. The zero-order chi connectivity index (χ0) is 13.3. The number of nitrogens with zero attached hydrogens (tertiary/aromatic N) is 1. The second kappa shape index (κ2) is 4.59. The van der Waals surface area contributed by atoms with Gasteiger partial charge in [0.1, 0.15) is 11.4 Å². The van der Waals surface area contributed by atoms with Gasteiger partial charge in [-0.05, 0) is 18.3 Å². The average molecular weight is 248 g/mol. The molecule has 4 heteroatoms. The Balaban J connectivity index is 2.37. The molecule has 1 N–H and O–H groups in total. The Morgan fingerprint density at radius 3 is 2.61 bits per heavy atom. The lowest BCUT2D eigenvalue weighted by atomic mass is 9.87. The van der Waals surface area contributed by atoms with E-state index in [2.05, 4.69) is 31.1 Å². The molecule has 0 unspecified atom stereocenters. The third-order valence-electron chi connectivity index (χ3n) is 2.95. The zero-order valence-corrected chi connectivity index (χ0v) is 11.4. The number of pyridine rings is 1. The number of hydrogen-bond acceptors (Lipinski definition) is 3. The first kappa shape index (κ1) is 12.9. The van der Waals surface area contributed by atoms with E-state index in [0.29, 0.717) is 11.8 Å². The molecule has 18 heavy (non-hydrogen) atoms. The molecule has 0 radical (unpaired) electrons. The highest BCUT2D eigenvalue weighted by Crippen LogP contribution is 2.35. The van der Waals surface area contributed by atoms with Crippen molar-refractivity contribution in [3.05, 3.63) is 23.5 Å². The standard InChI is InChI=1S/C14H20N2O2/c1-14(2,3)10-8-16-11(13(17)15-4)7-12(10)18-9-5-6-9/h7-9H,5-6H2,1-4H3,(H,15,17). The topological polar surface area (TPSA) is 51.2 Å². The molecule has 1 saturated carbocycles. The second-order valence-electron chi connectivity index (χ2n) is 5.71. The fourth-order valence-corrected chi connectivity index (χ4v) is 1.72. The summed E-state index contributed by atoms with van der Waals surface area (Å²) < 4.78 is 5.90. The van der Waals surface area contributed by atoms with Crippen LogP contribution in [0.1, 0.15) is 49.7 Å². The maximum Gasteiger partial charge on any atom is 0.269 e. The van der Waals surface area contributed by atoms with Crippen molar-refractivity contribution in [3.63, 3.8) is 0 Å². The molecule has 0 atom stereocenters. The third kappa shape index (κ3) is 2.81. The minimum atomic E-state index is -0.184. The molecule has 1 heterocycles. The monoisotopic (exact) mass is 248 g/mol. The normalized spacial score (nSPS) is 15.3. The molecule has 0 spiro atoms. The van der Waals surface area contributed by atoms with Gasteiger partial charge in [-0.15, -0.1) is 0 Å². The molecule has 0 aliphatic heterocycles. The summed E-state index contributed by atoms with van der Waals surface area (Å²) in [4.78, 5) is 15.8. The maximum atomic E-state index is 11.6. The van der Waals surface area contributed by atoms with E-state index >= 15 is 0 Å². The number of carbonyl (C=O) groups excluding carboxylic acids is 1. The SMILES string of the molecule is CNC(=O)c1cc(OC2CC2)c(C(C)(C)C)cn1. The van der Waals surface area contributed by atoms with Gasteiger partial charge in [-0.25, -0.2) is 0 Å². The number of aromatic nitrogens is 1. The fourth-order valence-electron chi connectivity index (χ4n) is 1.72. The lowest BCUT2D eigenvalue weighted by Crippen LogP contribution is -2.21. The van der Waals surface area contributed by atoms with E-state index in [4.69, 9.17) is 4.74 Å². The number of amides is 1. The Labute approximate surface area is 108 Å². The smallest absolute Gasteiger partial charge is 0.269 e. The number of nitrogens with one attached hydrogen (secondary N) is 1. The maximum absolute atomic E-state index is 11.6. The number of carbonyl (C=O) groups is 1. The highest BCUT2D eigenvalue weighted by molar-refractivity contribution is 5.92. The Morgan fingerprint density at radius 1 is 1.44 bits per heavy atom. The van der Waals surface area contributed by atoms with E-state index in [1.165, 1.54) is 0 Å². The molecule has 2 rings (SSSR count). The van der Waals surface area contributed by atoms with Crippen LogP contribution in [0.15, 0.2) is 12.3 Å². The van der Waals surface area contributed by atoms with Crippen LogP contribution in [0.5, 0.6) is 5.75 Å². The van der Waals surface area contributed by atoms with Crippen molar-refractivity contribution in [2.45, 2.75) is 45.1 Å². The summed E-state index contributed by atoms with van der Waals surface area (Å²) in [6, 6.07) is 1.75. The summed E-state index contributed by atoms with van der Waals surface area (Å²) in [6.45, 7) is 6.34. The first-order valence-electron chi connectivity index (χ1n) is 6.31. The number of rotatable bonds is 3. The Hall–Kier alpha value is -1.58. The van der Waals surface area contributed by atoms with Crippen molar-refractivity contribution in [3.8, 4) is 5.75 Å². The average Bonchev–Trinajstić information content (AvgIpc) is 3.10. The van der Waals surface area contributed by atoms with E-state index in [9.17, 15) is 4.79 Å². The summed E-state index contributed by atoms with van der Waals surface area (Å²) in [5.41, 5.74) is 1.40. The molecule has 0 saturated heterocycles. The molecule has 0 aromatic carbocycles. The van der Waals surface area contributed by atoms with E-state index in [0.717, 1.165) is 24.2 Å². The molecular formula is C14H20N2O2. The summed E-state index contributed by atoms with van der Waals surface area (Å²) in [5.74, 6) is 0.606. The Kier molecular flexibility index (Phi) is 3.28. The molecule has 1 aliphatic rings. The predicted molar refractivity (Wildman–Crippen MR) is 70.0 cm³/mol. The quantitative estimate of drug-likeness (QED) is 0.892. The van der Waals surface area contributed by atoms with Gasteiger partial charge in [0, 0.05) is 24.9 Å². The Morgan fingerprint density at radius 2 is 2.11 bits per heavy atom. The van der Waals surface area contributed by atoms with Crippen molar-refractivity contribution in [1.29, 1.82) is 0 Å². The van der Waals surface area contributed by atoms with Gasteiger partial charge in [0.2, 0.25) is 0 Å². The van der Waals surface area contributed by atoms with Crippen molar-refractivity contribution in [2.75, 3.05) is 7.05 Å². The van der Waals surface area contributed by atoms with E-state index in [1.807, 2.05) is 0 Å². The van der Waals surface area contributed by atoms with Crippen molar-refractivity contribution in [1.82, 2.24) is 10.3 Å². The van der Waals surface area contributed by atoms with Crippen molar-refractivity contribution in [2.24, 2.45) is 0 Å². The summed E-state index contributed by atoms with van der Waals surface area (Å²) in [6.07, 6.45) is 4.26. The summed E-state index contributed by atoms with van der Waals surface area (Å²) >= 11 is 0. The van der Waals surface area contributed by atoms with E-state index in [1.54, 1.807) is 19.3 Å². The van der Waals surface area contributed by atoms with Crippen LogP contribution in [0.25, 0.3) is 0 Å². The minimum Gasteiger partial charge on any atom is -0.490 e. The van der Waals surface area contributed by atoms with Gasteiger partial charge >= 0.3 is 0 Å². The molecule has 1 fully saturated rings. The fraction of sp³-hybridized carbons (Fsp3) is 0.571. The minimum absolute atomic E-state index is 0.0432. The van der Waals surface area contributed by atoms with Gasteiger partial charge in [0.05, 0.1) is 6.10 Å². The highest BCUT2D eigenvalue weighted by Gasteiger charge is 2.28. The van der Waals surface area contributed by atoms with Gasteiger partial charge in [-0.3, -0.25) is 9.78 Å². The molecule has 0 bridgehead atoms. The summed E-state index contributed by atoms with van der Waals surface area (Å²) in [7, 11) is 1.60. The van der Waals surface area contributed by atoms with Crippen LogP contribution >= 0.6 is 0 Å². The lowest BCUT2D eigenvalue weighted by Gasteiger charge is -2.22. The predicted octanol–water partition coefficient (Wildman–Crippen LogP) is 2.28. The molecule has 1 amide bonds. The van der Waals surface area contributed by atoms with E-state index < -0.39 is 0 Å². The van der Waals surface area contributed by atoms with Crippen LogP contribution in [0.3, 0.4) is 0 Å². The molecule has 1 aromatic heterocycles. The van der Waals surface area contributed by atoms with Crippen LogP contribution in [-0.4, -0.2) is 24.0 Å². The molecular weight excluding hydrogens is 228 g/mol. The van der Waals surface area contributed by atoms with Crippen molar-refractivity contribution >= 4 is 5.91 Å². The zero-order valence-electron chi connectivity index (χ0n) is 11.4. The first-order valence-corrected chi connectivity index (χ1v) is 6.31. The van der Waals surface area contributed by atoms with E-state index in [-0.39, 0.29) is 11.3 Å². The third-order valence-corrected chi connectivity index (χ3v) is 2.95. The van der Waals surface area contributed by atoms with Crippen LogP contribution in [0.2, 0.25) is 0 Å². The van der Waals surface area contributed by atoms with Crippen LogP contribution in [0.4, 0.5) is 0 Å². The molecule has 1 aliphatic carbocycles. The molecule has 4 nitrogen and oxygen atoms in total. The first-order chi connectivity index (χ1) is 8.41. The number of ether oxygens (including phenoxy) is 1. The van der Waals surface area contributed by atoms with Crippen molar-refractivity contribution < 1.29 is 9.53 Å². The van der Waals surface area contributed by atoms with Gasteiger partial charge in [-0.2, -0.15) is 0 Å². The van der Waals surface area contributed by atoms with Gasteiger partial charge < -0.3 is 10.1 Å². The van der Waals surface area contributed by atoms with Gasteiger partial charge in [-0.1, -0.05) is 20.8 Å². The second-order valence-corrected chi connectivity index (χ2v) is 5.71. The van der Waals surface area contributed by atoms with Gasteiger partial charge in [0.25, 0.3) is 5.91 Å². The highest BCUT2D eigenvalue weighted by atomic mass is 16.5. The van der Waals surface area contributed by atoms with Crippen LogP contribution in [0, 0.1) is 0 Å².